The summed E-state index contributed by atoms with van der Waals surface area (Å²) in [4.78, 5) is 28.9. The van der Waals surface area contributed by atoms with Crippen molar-refractivity contribution in [1.82, 2.24) is 9.80 Å². The predicted octanol–water partition coefficient (Wildman–Crippen LogP) is 3.64. The molecule has 6 heteroatoms. The first-order chi connectivity index (χ1) is 12.5. The number of hydrogen-bond acceptors (Lipinski definition) is 3. The van der Waals surface area contributed by atoms with Crippen LogP contribution in [0.2, 0.25) is 5.02 Å². The highest BCUT2D eigenvalue weighted by atomic mass is 35.5. The van der Waals surface area contributed by atoms with E-state index >= 15 is 0 Å². The van der Waals surface area contributed by atoms with Gasteiger partial charge in [0, 0.05) is 32.1 Å². The molecule has 5 nitrogen and oxygen atoms in total. The number of para-hydroxylation sites is 1. The van der Waals surface area contributed by atoms with Crippen molar-refractivity contribution in [2.75, 3.05) is 38.0 Å². The van der Waals surface area contributed by atoms with Crippen LogP contribution in [0.25, 0.3) is 0 Å². The first-order valence-corrected chi connectivity index (χ1v) is 9.98. The van der Waals surface area contributed by atoms with Crippen LogP contribution in [-0.4, -0.2) is 54.3 Å². The highest BCUT2D eigenvalue weighted by Gasteiger charge is 2.26. The molecule has 0 aliphatic carbocycles. The molecule has 1 unspecified atom stereocenters. The van der Waals surface area contributed by atoms with Crippen LogP contribution in [0.5, 0.6) is 0 Å². The molecule has 26 heavy (non-hydrogen) atoms. The van der Waals surface area contributed by atoms with Crippen molar-refractivity contribution >= 4 is 29.1 Å². The van der Waals surface area contributed by atoms with Crippen molar-refractivity contribution in [2.24, 2.45) is 5.92 Å². The maximum atomic E-state index is 12.7. The van der Waals surface area contributed by atoms with Crippen LogP contribution in [0, 0.1) is 5.92 Å². The fourth-order valence-electron chi connectivity index (χ4n) is 3.29. The minimum absolute atomic E-state index is 0.0766. The zero-order chi connectivity index (χ0) is 18.9. The first-order valence-electron chi connectivity index (χ1n) is 9.60. The van der Waals surface area contributed by atoms with E-state index in [0.29, 0.717) is 30.3 Å². The lowest BCUT2D eigenvalue weighted by Gasteiger charge is -2.36. The lowest BCUT2D eigenvalue weighted by molar-refractivity contribution is -0.137. The van der Waals surface area contributed by atoms with Gasteiger partial charge in [0.1, 0.15) is 0 Å². The van der Waals surface area contributed by atoms with E-state index in [1.165, 1.54) is 0 Å². The van der Waals surface area contributed by atoms with Crippen molar-refractivity contribution in [3.05, 3.63) is 29.3 Å². The second kappa shape index (κ2) is 10.5. The number of anilines is 1. The SMILES string of the molecule is CCCCC(CC)C(=O)N1CCN(CC(=O)Nc2ccccc2Cl)CC1. The molecule has 0 spiro atoms. The number of nitrogens with zero attached hydrogens (tertiary/aromatic N) is 2. The largest absolute Gasteiger partial charge is 0.340 e. The molecule has 0 saturated carbocycles. The summed E-state index contributed by atoms with van der Waals surface area (Å²) in [7, 11) is 0. The van der Waals surface area contributed by atoms with Crippen LogP contribution in [0.1, 0.15) is 39.5 Å². The number of carbonyl (C=O) groups excluding carboxylic acids is 2. The lowest BCUT2D eigenvalue weighted by Crippen LogP contribution is -2.51. The molecule has 0 radical (unpaired) electrons. The number of nitrogens with one attached hydrogen (secondary N) is 1. The van der Waals surface area contributed by atoms with E-state index in [0.717, 1.165) is 38.8 Å². The third-order valence-corrected chi connectivity index (χ3v) is 5.28. The van der Waals surface area contributed by atoms with E-state index in [2.05, 4.69) is 24.1 Å². The Bertz CT molecular complexity index is 600. The number of amides is 2. The van der Waals surface area contributed by atoms with Crippen LogP contribution < -0.4 is 5.32 Å². The maximum Gasteiger partial charge on any atom is 0.238 e. The van der Waals surface area contributed by atoms with Gasteiger partial charge in [-0.15, -0.1) is 0 Å². The molecule has 1 N–H and O–H groups in total. The number of carbonyl (C=O) groups is 2. The highest BCUT2D eigenvalue weighted by Crippen LogP contribution is 2.20. The normalized spacial score (nSPS) is 16.3. The van der Waals surface area contributed by atoms with Gasteiger partial charge >= 0.3 is 0 Å². The molecule has 1 fully saturated rings. The Morgan fingerprint density at radius 3 is 2.46 bits per heavy atom. The van der Waals surface area contributed by atoms with E-state index in [4.69, 9.17) is 11.6 Å². The second-order valence-electron chi connectivity index (χ2n) is 6.88. The summed E-state index contributed by atoms with van der Waals surface area (Å²) >= 11 is 6.07. The van der Waals surface area contributed by atoms with E-state index < -0.39 is 0 Å². The molecule has 1 saturated heterocycles. The number of hydrogen-bond donors (Lipinski definition) is 1. The molecule has 0 bridgehead atoms. The Morgan fingerprint density at radius 2 is 1.85 bits per heavy atom. The van der Waals surface area contributed by atoms with Crippen LogP contribution >= 0.6 is 11.6 Å². The van der Waals surface area contributed by atoms with Crippen molar-refractivity contribution in [3.63, 3.8) is 0 Å². The van der Waals surface area contributed by atoms with Crippen molar-refractivity contribution < 1.29 is 9.59 Å². The molecule has 144 valence electrons. The van der Waals surface area contributed by atoms with Gasteiger partial charge < -0.3 is 10.2 Å². The quantitative estimate of drug-likeness (QED) is 0.750. The zero-order valence-corrected chi connectivity index (χ0v) is 16.6. The standard InChI is InChI=1S/C20H30ClN3O2/c1-3-5-8-16(4-2)20(26)24-13-11-23(12-14-24)15-19(25)22-18-10-7-6-9-17(18)21/h6-7,9-10,16H,3-5,8,11-15H2,1-2H3,(H,22,25). The van der Waals surface area contributed by atoms with E-state index in [9.17, 15) is 9.59 Å². The van der Waals surface area contributed by atoms with Crippen molar-refractivity contribution in [3.8, 4) is 0 Å². The third kappa shape index (κ3) is 5.99. The smallest absolute Gasteiger partial charge is 0.238 e. The van der Waals surface area contributed by atoms with E-state index in [-0.39, 0.29) is 17.7 Å². The Labute approximate surface area is 161 Å². The molecular weight excluding hydrogens is 350 g/mol. The summed E-state index contributed by atoms with van der Waals surface area (Å²) in [6.07, 6.45) is 4.11. The Balaban J connectivity index is 1.78. The fraction of sp³-hybridized carbons (Fsp3) is 0.600. The van der Waals surface area contributed by atoms with Gasteiger partial charge in [-0.05, 0) is 25.0 Å². The van der Waals surface area contributed by atoms with Gasteiger partial charge in [-0.3, -0.25) is 14.5 Å². The van der Waals surface area contributed by atoms with Gasteiger partial charge in [-0.1, -0.05) is 50.4 Å². The highest BCUT2D eigenvalue weighted by molar-refractivity contribution is 6.33. The molecule has 1 aliphatic heterocycles. The number of piperazine rings is 1. The molecule has 1 aliphatic rings. The zero-order valence-electron chi connectivity index (χ0n) is 15.8. The van der Waals surface area contributed by atoms with E-state index in [1.807, 2.05) is 17.0 Å². The summed E-state index contributed by atoms with van der Waals surface area (Å²) in [5.74, 6) is 0.346. The lowest BCUT2D eigenvalue weighted by atomic mass is 9.97. The second-order valence-corrected chi connectivity index (χ2v) is 7.28. The summed E-state index contributed by atoms with van der Waals surface area (Å²) in [5, 5.41) is 3.38. The van der Waals surface area contributed by atoms with Crippen molar-refractivity contribution in [1.29, 1.82) is 0 Å². The molecule has 1 aromatic rings. The first kappa shape index (κ1) is 20.7. The number of unbranched alkanes of at least 4 members (excludes halogenated alkanes) is 1. The summed E-state index contributed by atoms with van der Waals surface area (Å²) < 4.78 is 0. The van der Waals surface area contributed by atoms with Gasteiger partial charge in [-0.2, -0.15) is 0 Å². The minimum atomic E-state index is -0.0766. The van der Waals surface area contributed by atoms with Crippen LogP contribution in [0.4, 0.5) is 5.69 Å². The number of rotatable bonds is 8. The van der Waals surface area contributed by atoms with Gasteiger partial charge in [0.2, 0.25) is 11.8 Å². The fourth-order valence-corrected chi connectivity index (χ4v) is 3.48. The van der Waals surface area contributed by atoms with Gasteiger partial charge in [0.25, 0.3) is 0 Å². The molecule has 2 rings (SSSR count). The van der Waals surface area contributed by atoms with E-state index in [1.54, 1.807) is 12.1 Å². The summed E-state index contributed by atoms with van der Waals surface area (Å²) in [6, 6.07) is 7.22. The molecule has 2 amide bonds. The maximum absolute atomic E-state index is 12.7. The molecule has 1 heterocycles. The predicted molar refractivity (Wildman–Crippen MR) is 106 cm³/mol. The summed E-state index contributed by atoms with van der Waals surface area (Å²) in [6.45, 7) is 7.41. The van der Waals surface area contributed by atoms with Gasteiger partial charge in [-0.25, -0.2) is 0 Å². The number of halogens is 1. The van der Waals surface area contributed by atoms with Gasteiger partial charge in [0.15, 0.2) is 0 Å². The third-order valence-electron chi connectivity index (χ3n) is 4.95. The topological polar surface area (TPSA) is 52.7 Å². The van der Waals surface area contributed by atoms with Crippen LogP contribution in [0.15, 0.2) is 24.3 Å². The molecule has 1 aromatic carbocycles. The Morgan fingerprint density at radius 1 is 1.15 bits per heavy atom. The van der Waals surface area contributed by atoms with Crippen LogP contribution in [0.3, 0.4) is 0 Å². The average molecular weight is 380 g/mol. The molecular formula is C20H30ClN3O2. The van der Waals surface area contributed by atoms with Crippen molar-refractivity contribution in [2.45, 2.75) is 39.5 Å². The summed E-state index contributed by atoms with van der Waals surface area (Å²) in [5.41, 5.74) is 0.634. The number of benzene rings is 1. The molecule has 0 aromatic heterocycles. The molecule has 1 atom stereocenters. The Kier molecular flexibility index (Phi) is 8.39. The average Bonchev–Trinajstić information content (AvgIpc) is 2.64. The monoisotopic (exact) mass is 379 g/mol. The Hall–Kier alpha value is -1.59. The van der Waals surface area contributed by atoms with Gasteiger partial charge in [0.05, 0.1) is 17.3 Å². The minimum Gasteiger partial charge on any atom is -0.340 e. The van der Waals surface area contributed by atoms with Crippen LogP contribution in [-0.2, 0) is 9.59 Å².